The van der Waals surface area contributed by atoms with Gasteiger partial charge in [-0.05, 0) is 29.7 Å². The van der Waals surface area contributed by atoms with Gasteiger partial charge in [0.2, 0.25) is 5.91 Å². The molecule has 0 radical (unpaired) electrons. The van der Waals surface area contributed by atoms with Crippen LogP contribution in [-0.2, 0) is 24.2 Å². The average Bonchev–Trinajstić information content (AvgIpc) is 2.97. The van der Waals surface area contributed by atoms with Crippen molar-refractivity contribution in [1.29, 1.82) is 0 Å². The normalized spacial score (nSPS) is 10.8. The molecule has 0 saturated heterocycles. The molecule has 5 nitrogen and oxygen atoms in total. The first-order valence-electron chi connectivity index (χ1n) is 7.62. The Labute approximate surface area is 134 Å². The fourth-order valence-corrected chi connectivity index (χ4v) is 2.46. The number of nitrogens with one attached hydrogen (secondary N) is 1. The third kappa shape index (κ3) is 3.96. The third-order valence-electron chi connectivity index (χ3n) is 3.70. The van der Waals surface area contributed by atoms with E-state index in [0.717, 1.165) is 28.9 Å². The maximum Gasteiger partial charge on any atom is 0.226 e. The van der Waals surface area contributed by atoms with Gasteiger partial charge in [-0.1, -0.05) is 30.3 Å². The molecule has 0 unspecified atom stereocenters. The molecule has 0 aliphatic rings. The maximum absolute atomic E-state index is 12.0. The standard InChI is InChI=1S/C18H19N3O2/c22-13-15-6-4-14(5-7-15)8-9-19-18(23)11-16-12-21-10-2-1-3-17(21)20-16/h1-7,10,12,22H,8-9,11,13H2,(H,19,23). The van der Waals surface area contributed by atoms with Crippen molar-refractivity contribution in [1.82, 2.24) is 14.7 Å². The minimum absolute atomic E-state index is 0.0274. The number of benzene rings is 1. The van der Waals surface area contributed by atoms with Gasteiger partial charge >= 0.3 is 0 Å². The highest BCUT2D eigenvalue weighted by molar-refractivity contribution is 5.78. The van der Waals surface area contributed by atoms with Crippen molar-refractivity contribution in [2.75, 3.05) is 6.54 Å². The summed E-state index contributed by atoms with van der Waals surface area (Å²) in [5.41, 5.74) is 3.64. The maximum atomic E-state index is 12.0. The number of rotatable bonds is 6. The highest BCUT2D eigenvalue weighted by Gasteiger charge is 2.07. The highest BCUT2D eigenvalue weighted by Crippen LogP contribution is 2.06. The van der Waals surface area contributed by atoms with Crippen LogP contribution in [0.2, 0.25) is 0 Å². The summed E-state index contributed by atoms with van der Waals surface area (Å²) in [6, 6.07) is 13.5. The van der Waals surface area contributed by atoms with Crippen LogP contribution in [0.15, 0.2) is 54.9 Å². The molecule has 2 heterocycles. The molecule has 3 aromatic rings. The van der Waals surface area contributed by atoms with Crippen LogP contribution < -0.4 is 5.32 Å². The van der Waals surface area contributed by atoms with Gasteiger partial charge in [0, 0.05) is 18.9 Å². The Kier molecular flexibility index (Phi) is 4.68. The molecule has 0 spiro atoms. The summed E-state index contributed by atoms with van der Waals surface area (Å²) in [7, 11) is 0. The predicted octanol–water partition coefficient (Wildman–Crippen LogP) is 1.73. The number of nitrogens with zero attached hydrogens (tertiary/aromatic N) is 2. The van der Waals surface area contributed by atoms with E-state index in [4.69, 9.17) is 5.11 Å². The van der Waals surface area contributed by atoms with Gasteiger partial charge in [0.15, 0.2) is 0 Å². The van der Waals surface area contributed by atoms with Crippen molar-refractivity contribution in [2.24, 2.45) is 0 Å². The second kappa shape index (κ2) is 7.07. The summed E-state index contributed by atoms with van der Waals surface area (Å²) in [4.78, 5) is 16.4. The smallest absolute Gasteiger partial charge is 0.226 e. The molecule has 1 amide bonds. The van der Waals surface area contributed by atoms with E-state index in [9.17, 15) is 4.79 Å². The lowest BCUT2D eigenvalue weighted by Gasteiger charge is -2.05. The van der Waals surface area contributed by atoms with Crippen LogP contribution in [0.25, 0.3) is 5.65 Å². The first kappa shape index (κ1) is 15.2. The van der Waals surface area contributed by atoms with Gasteiger partial charge in [0.1, 0.15) is 5.65 Å². The minimum atomic E-state index is -0.0274. The van der Waals surface area contributed by atoms with E-state index >= 15 is 0 Å². The van der Waals surface area contributed by atoms with Crippen LogP contribution in [0, 0.1) is 0 Å². The summed E-state index contributed by atoms with van der Waals surface area (Å²) in [6.45, 7) is 0.640. The fraction of sp³-hybridized carbons (Fsp3) is 0.222. The Morgan fingerprint density at radius 3 is 2.65 bits per heavy atom. The second-order valence-corrected chi connectivity index (χ2v) is 5.45. The lowest BCUT2D eigenvalue weighted by atomic mass is 10.1. The van der Waals surface area contributed by atoms with E-state index in [-0.39, 0.29) is 18.9 Å². The van der Waals surface area contributed by atoms with E-state index in [0.29, 0.717) is 6.54 Å². The molecule has 0 saturated carbocycles. The minimum Gasteiger partial charge on any atom is -0.392 e. The third-order valence-corrected chi connectivity index (χ3v) is 3.70. The van der Waals surface area contributed by atoms with Gasteiger partial charge < -0.3 is 14.8 Å². The Hall–Kier alpha value is -2.66. The van der Waals surface area contributed by atoms with Crippen LogP contribution in [0.4, 0.5) is 0 Å². The van der Waals surface area contributed by atoms with Crippen LogP contribution in [0.5, 0.6) is 0 Å². The van der Waals surface area contributed by atoms with Crippen molar-refractivity contribution < 1.29 is 9.90 Å². The van der Waals surface area contributed by atoms with Gasteiger partial charge in [0.05, 0.1) is 18.7 Å². The van der Waals surface area contributed by atoms with Gasteiger partial charge in [-0.25, -0.2) is 4.98 Å². The lowest BCUT2D eigenvalue weighted by molar-refractivity contribution is -0.120. The quantitative estimate of drug-likeness (QED) is 0.729. The Morgan fingerprint density at radius 2 is 1.91 bits per heavy atom. The molecule has 1 aromatic carbocycles. The SMILES string of the molecule is O=C(Cc1cn2ccccc2n1)NCCc1ccc(CO)cc1. The van der Waals surface area contributed by atoms with Gasteiger partial charge in [-0.2, -0.15) is 0 Å². The van der Waals surface area contributed by atoms with E-state index in [1.807, 2.05) is 59.3 Å². The number of aliphatic hydroxyl groups excluding tert-OH is 1. The van der Waals surface area contributed by atoms with Crippen LogP contribution in [-0.4, -0.2) is 26.9 Å². The van der Waals surface area contributed by atoms with E-state index < -0.39 is 0 Å². The number of carbonyl (C=O) groups excluding carboxylic acids is 1. The zero-order valence-electron chi connectivity index (χ0n) is 12.8. The summed E-state index contributed by atoms with van der Waals surface area (Å²) in [5.74, 6) is -0.0274. The molecule has 5 heteroatoms. The lowest BCUT2D eigenvalue weighted by Crippen LogP contribution is -2.27. The number of carbonyl (C=O) groups is 1. The molecule has 118 valence electrons. The van der Waals surface area contributed by atoms with Crippen LogP contribution in [0.1, 0.15) is 16.8 Å². The number of hydrogen-bond acceptors (Lipinski definition) is 3. The molecule has 0 bridgehead atoms. The van der Waals surface area contributed by atoms with E-state index in [2.05, 4.69) is 10.3 Å². The zero-order chi connectivity index (χ0) is 16.1. The topological polar surface area (TPSA) is 66.6 Å². The number of amides is 1. The fourth-order valence-electron chi connectivity index (χ4n) is 2.46. The molecular formula is C18H19N3O2. The van der Waals surface area contributed by atoms with Gasteiger partial charge in [-0.15, -0.1) is 0 Å². The number of aliphatic hydroxyl groups is 1. The molecule has 3 rings (SSSR count). The van der Waals surface area contributed by atoms with Crippen molar-refractivity contribution in [2.45, 2.75) is 19.4 Å². The molecule has 0 aliphatic carbocycles. The molecule has 0 fully saturated rings. The van der Waals surface area contributed by atoms with Crippen molar-refractivity contribution >= 4 is 11.6 Å². The Balaban J connectivity index is 1.49. The van der Waals surface area contributed by atoms with E-state index in [1.165, 1.54) is 0 Å². The van der Waals surface area contributed by atoms with Crippen molar-refractivity contribution in [3.05, 3.63) is 71.7 Å². The zero-order valence-corrected chi connectivity index (χ0v) is 12.8. The van der Waals surface area contributed by atoms with Crippen molar-refractivity contribution in [3.63, 3.8) is 0 Å². The number of imidazole rings is 1. The number of hydrogen-bond donors (Lipinski definition) is 2. The van der Waals surface area contributed by atoms with E-state index in [1.54, 1.807) is 0 Å². The monoisotopic (exact) mass is 309 g/mol. The van der Waals surface area contributed by atoms with Crippen LogP contribution >= 0.6 is 0 Å². The summed E-state index contributed by atoms with van der Waals surface area (Å²) < 4.78 is 1.91. The molecule has 0 atom stereocenters. The molecule has 2 aromatic heterocycles. The number of aromatic nitrogens is 2. The number of pyridine rings is 1. The molecule has 23 heavy (non-hydrogen) atoms. The Bertz CT molecular complexity index is 760. The molecule has 0 aliphatic heterocycles. The summed E-state index contributed by atoms with van der Waals surface area (Å²) >= 11 is 0. The second-order valence-electron chi connectivity index (χ2n) is 5.45. The predicted molar refractivity (Wildman–Crippen MR) is 88.0 cm³/mol. The first-order chi connectivity index (χ1) is 11.2. The van der Waals surface area contributed by atoms with Crippen molar-refractivity contribution in [3.8, 4) is 0 Å². The summed E-state index contributed by atoms with van der Waals surface area (Å²) in [6.07, 6.45) is 4.84. The average molecular weight is 309 g/mol. The highest BCUT2D eigenvalue weighted by atomic mass is 16.3. The number of fused-ring (bicyclic) bond motifs is 1. The molecule has 2 N–H and O–H groups in total. The van der Waals surface area contributed by atoms with Gasteiger partial charge in [-0.3, -0.25) is 4.79 Å². The largest absolute Gasteiger partial charge is 0.392 e. The molecular weight excluding hydrogens is 290 g/mol. The van der Waals surface area contributed by atoms with Crippen LogP contribution in [0.3, 0.4) is 0 Å². The summed E-state index contributed by atoms with van der Waals surface area (Å²) in [5, 5.41) is 11.9. The Morgan fingerprint density at radius 1 is 1.13 bits per heavy atom. The first-order valence-corrected chi connectivity index (χ1v) is 7.62. The van der Waals surface area contributed by atoms with Gasteiger partial charge in [0.25, 0.3) is 0 Å².